The van der Waals surface area contributed by atoms with E-state index in [4.69, 9.17) is 42.6 Å². The Morgan fingerprint density at radius 3 is 1.98 bits per heavy atom. The lowest BCUT2D eigenvalue weighted by Gasteiger charge is -2.48. The Labute approximate surface area is 272 Å². The summed E-state index contributed by atoms with van der Waals surface area (Å²) in [6.45, 7) is 7.89. The van der Waals surface area contributed by atoms with E-state index < -0.39 is 91.1 Å². The predicted octanol–water partition coefficient (Wildman–Crippen LogP) is 0.297. The van der Waals surface area contributed by atoms with Gasteiger partial charge in [-0.1, -0.05) is 30.3 Å². The number of aliphatic hydroxyl groups is 1. The van der Waals surface area contributed by atoms with Crippen LogP contribution in [0.15, 0.2) is 30.3 Å². The number of nitrogens with one attached hydrogen (secondary N) is 1. The number of methoxy groups -OCH3 is 1. The molecule has 2 N–H and O–H groups in total. The van der Waals surface area contributed by atoms with Crippen LogP contribution < -0.4 is 5.32 Å². The SMILES string of the molecule is COC(=O)[C@H]1O[C@@H](O[C@H]2[C@H](O)[C@@H](COC(C)C)O[C@@H](OCc3ccccc3)[C@@H]2NC(C)=O)[C@H](OC(C)=O)[C@@H](OC(C)=O)[C@@H]1OC(C)=O. The van der Waals surface area contributed by atoms with Gasteiger partial charge < -0.3 is 53.1 Å². The van der Waals surface area contributed by atoms with Gasteiger partial charge in [0.05, 0.1) is 26.4 Å². The van der Waals surface area contributed by atoms with E-state index >= 15 is 0 Å². The molecule has 2 saturated heterocycles. The maximum absolute atomic E-state index is 12.9. The van der Waals surface area contributed by atoms with Crippen LogP contribution in [0.4, 0.5) is 0 Å². The van der Waals surface area contributed by atoms with Crippen molar-refractivity contribution in [1.29, 1.82) is 0 Å². The van der Waals surface area contributed by atoms with E-state index in [1.165, 1.54) is 6.92 Å². The van der Waals surface area contributed by atoms with Crippen LogP contribution in [0.1, 0.15) is 47.1 Å². The Kier molecular flexibility index (Phi) is 14.0. The Morgan fingerprint density at radius 2 is 1.43 bits per heavy atom. The lowest BCUT2D eigenvalue weighted by Crippen LogP contribution is -2.69. The molecule has 10 atom stereocenters. The first-order valence-electron chi connectivity index (χ1n) is 15.0. The van der Waals surface area contributed by atoms with Crippen molar-refractivity contribution in [3.05, 3.63) is 35.9 Å². The van der Waals surface area contributed by atoms with Crippen molar-refractivity contribution in [2.24, 2.45) is 0 Å². The first-order chi connectivity index (χ1) is 22.2. The fourth-order valence-electron chi connectivity index (χ4n) is 5.13. The fraction of sp³-hybridized carbons (Fsp3) is 0.645. The molecule has 1 aromatic carbocycles. The molecule has 47 heavy (non-hydrogen) atoms. The van der Waals surface area contributed by atoms with Gasteiger partial charge in [-0.3, -0.25) is 19.2 Å². The molecular formula is C31H43NO15. The molecule has 0 aromatic heterocycles. The zero-order valence-corrected chi connectivity index (χ0v) is 27.3. The van der Waals surface area contributed by atoms with E-state index in [1.807, 2.05) is 30.3 Å². The van der Waals surface area contributed by atoms with Gasteiger partial charge in [0.25, 0.3) is 0 Å². The zero-order chi connectivity index (χ0) is 34.8. The molecule has 16 nitrogen and oxygen atoms in total. The lowest BCUT2D eigenvalue weighted by molar-refractivity contribution is -0.343. The molecule has 16 heteroatoms. The molecule has 262 valence electrons. The van der Waals surface area contributed by atoms with E-state index in [2.05, 4.69) is 5.32 Å². The number of aliphatic hydroxyl groups excluding tert-OH is 1. The maximum atomic E-state index is 12.9. The third-order valence-corrected chi connectivity index (χ3v) is 7.02. The van der Waals surface area contributed by atoms with E-state index in [0.29, 0.717) is 0 Å². The number of rotatable bonds is 13. The van der Waals surface area contributed by atoms with Gasteiger partial charge >= 0.3 is 23.9 Å². The van der Waals surface area contributed by atoms with Gasteiger partial charge in [0.15, 0.2) is 37.0 Å². The van der Waals surface area contributed by atoms with Crippen LogP contribution in [0.25, 0.3) is 0 Å². The van der Waals surface area contributed by atoms with Crippen molar-refractivity contribution < 1.29 is 71.7 Å². The van der Waals surface area contributed by atoms with Crippen molar-refractivity contribution in [2.45, 2.75) is 116 Å². The van der Waals surface area contributed by atoms with Crippen LogP contribution in [0, 0.1) is 0 Å². The molecule has 0 unspecified atom stereocenters. The number of ether oxygens (including phenoxy) is 9. The molecule has 2 fully saturated rings. The van der Waals surface area contributed by atoms with Gasteiger partial charge in [-0.25, -0.2) is 4.79 Å². The quantitative estimate of drug-likeness (QED) is 0.214. The number of hydrogen-bond donors (Lipinski definition) is 2. The molecule has 2 aliphatic heterocycles. The largest absolute Gasteiger partial charge is 0.467 e. The summed E-state index contributed by atoms with van der Waals surface area (Å²) in [7, 11) is 1.05. The summed E-state index contributed by atoms with van der Waals surface area (Å²) in [5.41, 5.74) is 0.781. The summed E-state index contributed by atoms with van der Waals surface area (Å²) in [5, 5.41) is 14.3. The second kappa shape index (κ2) is 17.5. The molecule has 2 aliphatic rings. The molecule has 1 amide bonds. The first kappa shape index (κ1) is 37.8. The van der Waals surface area contributed by atoms with Crippen molar-refractivity contribution in [3.8, 4) is 0 Å². The molecular weight excluding hydrogens is 626 g/mol. The van der Waals surface area contributed by atoms with E-state index in [1.54, 1.807) is 13.8 Å². The second-order valence-corrected chi connectivity index (χ2v) is 11.2. The number of benzene rings is 1. The van der Waals surface area contributed by atoms with E-state index in [0.717, 1.165) is 33.4 Å². The number of amides is 1. The average molecular weight is 670 g/mol. The van der Waals surface area contributed by atoms with Crippen LogP contribution in [-0.2, 0) is 73.2 Å². The average Bonchev–Trinajstić information content (AvgIpc) is 2.99. The van der Waals surface area contributed by atoms with Gasteiger partial charge in [-0.2, -0.15) is 0 Å². The van der Waals surface area contributed by atoms with Gasteiger partial charge in [0, 0.05) is 27.7 Å². The van der Waals surface area contributed by atoms with Gasteiger partial charge in [-0.15, -0.1) is 0 Å². The van der Waals surface area contributed by atoms with Gasteiger partial charge in [-0.05, 0) is 19.4 Å². The first-order valence-corrected chi connectivity index (χ1v) is 15.0. The summed E-state index contributed by atoms with van der Waals surface area (Å²) >= 11 is 0. The highest BCUT2D eigenvalue weighted by Gasteiger charge is 2.57. The summed E-state index contributed by atoms with van der Waals surface area (Å²) in [6.07, 6.45) is -13.9. The minimum Gasteiger partial charge on any atom is -0.467 e. The van der Waals surface area contributed by atoms with Crippen molar-refractivity contribution in [2.75, 3.05) is 13.7 Å². The third kappa shape index (κ3) is 10.7. The number of carbonyl (C=O) groups is 5. The molecule has 0 bridgehead atoms. The highest BCUT2D eigenvalue weighted by atomic mass is 16.8. The van der Waals surface area contributed by atoms with E-state index in [-0.39, 0.29) is 19.3 Å². The van der Waals surface area contributed by atoms with Crippen LogP contribution in [0.5, 0.6) is 0 Å². The normalized spacial score (nSPS) is 30.6. The molecule has 0 spiro atoms. The minimum absolute atomic E-state index is 0.0428. The number of carbonyl (C=O) groups excluding carboxylic acids is 5. The van der Waals surface area contributed by atoms with Crippen molar-refractivity contribution in [1.82, 2.24) is 5.32 Å². The van der Waals surface area contributed by atoms with Crippen LogP contribution in [-0.4, -0.2) is 116 Å². The number of hydrogen-bond acceptors (Lipinski definition) is 15. The smallest absolute Gasteiger partial charge is 0.339 e. The van der Waals surface area contributed by atoms with Gasteiger partial charge in [0.2, 0.25) is 5.91 Å². The Morgan fingerprint density at radius 1 is 0.830 bits per heavy atom. The summed E-state index contributed by atoms with van der Waals surface area (Å²) in [6, 6.07) is 7.89. The van der Waals surface area contributed by atoms with Crippen LogP contribution in [0.2, 0.25) is 0 Å². The Bertz CT molecular complexity index is 1230. The Balaban J connectivity index is 2.07. The fourth-order valence-corrected chi connectivity index (χ4v) is 5.13. The monoisotopic (exact) mass is 669 g/mol. The maximum Gasteiger partial charge on any atom is 0.339 e. The molecule has 0 aliphatic carbocycles. The standard InChI is InChI=1S/C31H43NO15/c1-15(2)40-14-21-23(37)24(22(32-16(3)33)30(45-21)41-13-20-11-9-8-10-12-20)46-31-28(44-19(6)36)26(43-18(5)35)25(42-17(4)34)27(47-31)29(38)39-7/h8-12,15,21-28,30-31,37H,13-14H2,1-7H3,(H,32,33)/t21-,22-,23-,24-,25+,26+,27+,28-,30-,31-/m1/s1. The van der Waals surface area contributed by atoms with Crippen molar-refractivity contribution in [3.63, 3.8) is 0 Å². The number of esters is 4. The lowest BCUT2D eigenvalue weighted by atomic mass is 9.94. The molecule has 0 saturated carbocycles. The molecule has 3 rings (SSSR count). The Hall–Kier alpha value is -3.67. The van der Waals surface area contributed by atoms with Gasteiger partial charge in [0.1, 0.15) is 24.4 Å². The van der Waals surface area contributed by atoms with Crippen LogP contribution in [0.3, 0.4) is 0 Å². The topological polar surface area (TPSA) is 201 Å². The minimum atomic E-state index is -1.77. The highest BCUT2D eigenvalue weighted by Crippen LogP contribution is 2.34. The van der Waals surface area contributed by atoms with Crippen LogP contribution >= 0.6 is 0 Å². The summed E-state index contributed by atoms with van der Waals surface area (Å²) in [5.74, 6) is -4.20. The molecule has 2 heterocycles. The van der Waals surface area contributed by atoms with Crippen molar-refractivity contribution >= 4 is 29.8 Å². The molecule has 1 aromatic rings. The summed E-state index contributed by atoms with van der Waals surface area (Å²) in [4.78, 5) is 61.9. The third-order valence-electron chi connectivity index (χ3n) is 7.02. The zero-order valence-electron chi connectivity index (χ0n) is 27.3. The second-order valence-electron chi connectivity index (χ2n) is 11.2. The highest BCUT2D eigenvalue weighted by molar-refractivity contribution is 5.77. The summed E-state index contributed by atoms with van der Waals surface area (Å²) < 4.78 is 51.1. The predicted molar refractivity (Wildman–Crippen MR) is 157 cm³/mol. The van der Waals surface area contributed by atoms with E-state index in [9.17, 15) is 29.1 Å². The molecule has 0 radical (unpaired) electrons.